The Morgan fingerprint density at radius 1 is 0.482 bits per heavy atom. The number of hydrogen-bond donors (Lipinski definition) is 5. The van der Waals surface area contributed by atoms with Crippen LogP contribution in [0, 0.1) is 78.5 Å². The van der Waals surface area contributed by atoms with Crippen LogP contribution in [0.4, 0.5) is 22.0 Å². The van der Waals surface area contributed by atoms with E-state index in [1.807, 2.05) is 0 Å². The van der Waals surface area contributed by atoms with Gasteiger partial charge in [0.05, 0.1) is 19.6 Å². The maximum atomic E-state index is 12.9. The van der Waals surface area contributed by atoms with E-state index in [9.17, 15) is 48.4 Å². The number of halogens is 8. The molecule has 6 aromatic carbocycles. The Morgan fingerprint density at radius 2 is 0.723 bits per heavy atom. The van der Waals surface area contributed by atoms with Gasteiger partial charge in [-0.05, 0) is 143 Å². The number of methoxy groups -OCH3 is 1. The summed E-state index contributed by atoms with van der Waals surface area (Å²) < 4.78 is 172. The van der Waals surface area contributed by atoms with E-state index >= 15 is 0 Å². The molecule has 59 heteroatoms. The van der Waals surface area contributed by atoms with Gasteiger partial charge in [-0.25, -0.2) is 56.2 Å². The van der Waals surface area contributed by atoms with Gasteiger partial charge in [-0.3, -0.25) is 9.59 Å². The Hall–Kier alpha value is 14.7. The molecule has 0 saturated carbocycles. The first-order valence-electron chi connectivity index (χ1n) is 35.6. The van der Waals surface area contributed by atoms with Crippen molar-refractivity contribution in [3.8, 4) is 17.2 Å². The normalized spacial score (nSPS) is 19.2. The molecular formula is C78H104Cl3CrF5N5NaO21S3W5Y15-8. The molecule has 7 aliphatic heterocycles. The molecule has 26 nitrogen and oxygen atoms in total. The van der Waals surface area contributed by atoms with Crippen molar-refractivity contribution >= 4 is 72.4 Å². The number of carbonyl (C=O) groups is 2. The molecule has 11 atom stereocenters. The number of esters is 1. The minimum absolute atomic E-state index is 0. The first-order valence-corrected chi connectivity index (χ1v) is 44.0. The van der Waals surface area contributed by atoms with Crippen LogP contribution in [0.25, 0.3) is 26.6 Å². The molecule has 6 N–H and O–H groups in total. The van der Waals surface area contributed by atoms with Crippen molar-refractivity contribution in [2.24, 2.45) is 29.6 Å². The van der Waals surface area contributed by atoms with Crippen LogP contribution in [0.15, 0.2) is 140 Å². The van der Waals surface area contributed by atoms with Crippen LogP contribution in [0.5, 0.6) is 17.2 Å². The van der Waals surface area contributed by atoms with Crippen LogP contribution in [0.3, 0.4) is 0 Å². The summed E-state index contributed by atoms with van der Waals surface area (Å²) in [5.74, 6) is -1.30. The van der Waals surface area contributed by atoms with E-state index in [1.165, 1.54) is 119 Å². The number of rotatable bonds is 12. The van der Waals surface area contributed by atoms with Crippen molar-refractivity contribution < 1.29 is 759 Å². The molecule has 0 spiro atoms. The van der Waals surface area contributed by atoms with Crippen molar-refractivity contribution in [2.45, 2.75) is 103 Å². The number of fused-ring (bicyclic) bond motifs is 1. The van der Waals surface area contributed by atoms with E-state index < -0.39 is 60.5 Å². The van der Waals surface area contributed by atoms with Crippen LogP contribution < -0.4 is 39.0 Å². The third kappa shape index (κ3) is 96.7. The van der Waals surface area contributed by atoms with E-state index in [1.54, 1.807) is 66.7 Å². The standard InChI is InChI=1S/C13H16FNO3S.C13H15FNO2.C12H13FNO2.2C12H14FNO.C8H8O3.C4H8O.CH3ClO2S.CH4O.2CH4.Cl2OS.Cr.Na.H2O.3O.5W.15Y/c1-19(16,17)18-9-11-8-15-7-6-13(11)10-2-4-12(14)5-3-10;1-17-13(16)12-8-15-7-6-11(12)9-2-4-10(14)5-3-9;13-9-3-1-8(2-4-9)10-5-6-14-7-11(10)12(15)16;2*13-11-3-1-9(2-4-11)12-5-6-14-7-10(12)8-15;1-5-10-7-3-2-6(9)4-8(7)11-5;1-2-4-5-3-1;1-5(2,3)4;1-2;;;1-4(2)3;;;;;;;;;;;;;;;;;;;;;;;;;;/h2-5,9,11,13H,6-8H2,1H3;2-5,11-12H,6-8H2,1H3;1-4,10-11H,5-7H2,(H,15,16);2*1-4,8,10,12,15H,5-7H2;2-5,9H,1H3;1-4H2;1H3;2H,1H3;2*1H4;;;;1H2;;;;;;;;;;;;;;;;;;;;;;;/q-2;2*-1;2*-2;;;;;;;;;+1;;;;;;;;;;;;;;;;;;;;;;;;/p-1/t11-,13-;11-,12+;10-,11+;2*10-,12-;;;;;;;;;;;;;;;;;;;;;;;;;;;;;;;;;/m00000................................./s1/i;;;;;5D;;;;;;;;;;;;;;;;;;;;;;;;;;;;;;;;. The van der Waals surface area contributed by atoms with Gasteiger partial charge in [0.15, 0.2) is 11.5 Å². The van der Waals surface area contributed by atoms with Gasteiger partial charge in [0.25, 0.3) is 0 Å². The second-order valence-electron chi connectivity index (χ2n) is 25.4. The van der Waals surface area contributed by atoms with Crippen molar-refractivity contribution in [2.75, 3.05) is 105 Å². The SMILES string of the molecule is C.C.C1CCOC1.CO.COC(=O)[C@@H]1C[N-]CC[C@H]1c1ccc(F)cc1.CS(=O)(=O)Cl.CS(=O)(=O)O[CH-][C@@H]1C[N-]CC[C@H]1c1ccc(F)cc1.O=C(O)[C@@H]1C[N-]CC[C@H]1c1ccc(F)cc1.O=S(Cl)Cl.O[CH-][C@@H]1C[N-]CC[C@H]1c1ccc(F)cc1.O[CH-][C@@H]1C[N-]CC[C@H]1c1ccc(F)cc1.[2H]C1(C)Oc2ccc(O)cc2O1.[Na+].[OH-].[O]=[Cr](=[O])=[O].[W].[W].[W].[W].[W].[Y].[Y].[Y].[Y].[Y].[Y].[Y].[Y].[Y].[Y].[Y].[Y].[Y].[Y].[Y]. The Labute approximate surface area is 1300 Å². The van der Waals surface area contributed by atoms with Gasteiger partial charge >= 0.3 is 66.9 Å². The van der Waals surface area contributed by atoms with Gasteiger partial charge in [0, 0.05) is 673 Å². The predicted molar refractivity (Wildman–Crippen MR) is 429 cm³/mol. The van der Waals surface area contributed by atoms with Crippen LogP contribution in [0.1, 0.15) is 126 Å². The zero-order valence-electron chi connectivity index (χ0n) is 75.6. The molecule has 731 valence electrons. The minimum Gasteiger partial charge on any atom is 0 e. The number of ether oxygens (including phenoxy) is 4. The predicted octanol–water partition coefficient (Wildman–Crippen LogP) is 13.8. The zero-order chi connectivity index (χ0) is 85.0. The number of phenols is 1. The Morgan fingerprint density at radius 3 is 0.978 bits per heavy atom. The molecule has 0 aromatic heterocycles. The first kappa shape index (κ1) is 202. The van der Waals surface area contributed by atoms with E-state index in [2.05, 4.69) is 58.6 Å². The van der Waals surface area contributed by atoms with Gasteiger partial charge in [0.2, 0.25) is 34.7 Å². The summed E-state index contributed by atoms with van der Waals surface area (Å²) in [6.45, 7) is 13.8. The van der Waals surface area contributed by atoms with Crippen LogP contribution in [-0.4, -0.2) is 176 Å². The third-order valence-corrected chi connectivity index (χ3v) is 18.0. The summed E-state index contributed by atoms with van der Waals surface area (Å²) in [7, 11) is 7.56. The van der Waals surface area contributed by atoms with Crippen molar-refractivity contribution in [3.05, 3.63) is 243 Å². The summed E-state index contributed by atoms with van der Waals surface area (Å²) in [5.41, 5.74) is 5.03. The number of nitrogens with zero attached hydrogens (tertiary/aromatic N) is 5. The maximum absolute atomic E-state index is 12.9. The summed E-state index contributed by atoms with van der Waals surface area (Å²) >= 11 is -3.79. The molecule has 137 heavy (non-hydrogen) atoms. The molecule has 6 fully saturated rings. The monoisotopic (exact) mass is 4070 g/mol. The summed E-state index contributed by atoms with van der Waals surface area (Å²) in [6, 6.07) is 36.2. The molecule has 1 unspecified atom stereocenters. The topological polar surface area (TPSA) is 418 Å². The number of piperidine rings is 5. The molecule has 0 aliphatic carbocycles. The quantitative estimate of drug-likeness (QED) is 0.0190. The summed E-state index contributed by atoms with van der Waals surface area (Å²) in [5, 5.41) is 64.5. The molecule has 7 heterocycles. The Bertz CT molecular complexity index is 4160. The Balaban J connectivity index is -0.0000000545. The molecule has 6 aromatic rings. The maximum Gasteiger partial charge on any atom is 0 e. The van der Waals surface area contributed by atoms with Crippen LogP contribution >= 0.6 is 32.0 Å². The van der Waals surface area contributed by atoms with Crippen molar-refractivity contribution in [1.82, 2.24) is 0 Å². The smallest absolute Gasteiger partial charge is 0 e. The third-order valence-electron chi connectivity index (χ3n) is 17.5. The van der Waals surface area contributed by atoms with Gasteiger partial charge in [0.1, 0.15) is 36.2 Å². The number of carboxylic acid groups (broad SMARTS) is 1. The molecule has 6 saturated heterocycles. The van der Waals surface area contributed by atoms with Crippen molar-refractivity contribution in [3.63, 3.8) is 0 Å². The number of aliphatic hydroxyl groups is 3. The number of phenolic OH excluding ortho intramolecular Hbond substituents is 1. The van der Waals surface area contributed by atoms with E-state index in [4.69, 9.17) is 65.7 Å². The first-order chi connectivity index (χ1) is 54.0. The fourth-order valence-corrected chi connectivity index (χ4v) is 12.7. The number of carbonyl (C=O) groups excluding carboxylic acids is 1. The van der Waals surface area contributed by atoms with Gasteiger partial charge in [-0.2, -0.15) is 44.0 Å². The number of aliphatic carboxylic acids is 1. The van der Waals surface area contributed by atoms with Gasteiger partial charge in [-0.1, -0.05) is 108 Å². The van der Waals surface area contributed by atoms with Gasteiger partial charge < -0.3 is 80.7 Å². The number of aromatic hydroxyl groups is 1. The average molecular weight is 4070 g/mol. The fourth-order valence-electron chi connectivity index (χ4n) is 12.4. The second-order valence-corrected chi connectivity index (χ2v) is 33.2. The minimum atomic E-state index is -3.79. The molecule has 0 bridgehead atoms. The number of hydrogen-bond acceptors (Lipinski definition) is 20. The molecular weight excluding hydrogens is 3970 g/mol. The van der Waals surface area contributed by atoms with Crippen molar-refractivity contribution in [1.29, 1.82) is 0 Å². The summed E-state index contributed by atoms with van der Waals surface area (Å²) in [4.78, 5) is 22.7. The summed E-state index contributed by atoms with van der Waals surface area (Å²) in [6.07, 6.45) is 7.32. The van der Waals surface area contributed by atoms with E-state index in [0.717, 1.165) is 119 Å². The fraction of sp³-hybridized carbons (Fsp3) is 0.474. The van der Waals surface area contributed by atoms with Gasteiger partial charge in [-0.15, -0.1) is 45.8 Å². The number of aliphatic hydroxyl groups excluding tert-OH is 3. The Kier molecular flexibility index (Phi) is 181. The van der Waals surface area contributed by atoms with Crippen LogP contribution in [-0.2, 0) is 673 Å². The molecule has 13 rings (SSSR count). The number of benzene rings is 6. The molecule has 15 radical (unpaired) electrons. The second kappa shape index (κ2) is 123. The zero-order valence-corrected chi connectivity index (χ0v) is 140. The molecule has 7 aliphatic rings. The average Bonchev–Trinajstić information content (AvgIpc) is 1.66. The van der Waals surface area contributed by atoms with E-state index in [-0.39, 0.29) is 740 Å². The largest absolute Gasteiger partial charge is 0 e. The van der Waals surface area contributed by atoms with Crippen LogP contribution in [0.2, 0.25) is 0 Å². The number of carboxylic acids is 1. The molecule has 0 amide bonds. The van der Waals surface area contributed by atoms with E-state index in [0.29, 0.717) is 50.8 Å².